The van der Waals surface area contributed by atoms with Gasteiger partial charge in [-0.1, -0.05) is 26.8 Å². The molecule has 2 N–H and O–H groups in total. The number of pyridine rings is 1. The number of aromatic amines is 1. The molecule has 0 spiro atoms. The molecule has 2 rings (SSSR count). The third kappa shape index (κ3) is 3.00. The Balaban J connectivity index is 2.26. The van der Waals surface area contributed by atoms with Crippen LogP contribution in [-0.4, -0.2) is 16.1 Å². The zero-order valence-electron chi connectivity index (χ0n) is 12.2. The highest BCUT2D eigenvalue weighted by atomic mass is 16.4. The van der Waals surface area contributed by atoms with E-state index in [1.807, 2.05) is 0 Å². The summed E-state index contributed by atoms with van der Waals surface area (Å²) in [5, 5.41) is 9.00. The van der Waals surface area contributed by atoms with Gasteiger partial charge in [0.25, 0.3) is 5.56 Å². The van der Waals surface area contributed by atoms with Gasteiger partial charge in [-0.25, -0.2) is 4.79 Å². The predicted molar refractivity (Wildman–Crippen MR) is 78.8 cm³/mol. The van der Waals surface area contributed by atoms with Crippen molar-refractivity contribution in [2.45, 2.75) is 40.0 Å². The van der Waals surface area contributed by atoms with Gasteiger partial charge in [-0.3, -0.25) is 4.79 Å². The van der Waals surface area contributed by atoms with E-state index in [0.29, 0.717) is 11.3 Å². The lowest BCUT2D eigenvalue weighted by molar-refractivity contribution is 0.0695. The number of hydrogen-bond donors (Lipinski definition) is 2. The first-order chi connectivity index (χ1) is 9.29. The van der Waals surface area contributed by atoms with Gasteiger partial charge in [0.15, 0.2) is 0 Å². The van der Waals surface area contributed by atoms with Crippen LogP contribution in [0.4, 0.5) is 0 Å². The molecule has 1 atom stereocenters. The molecular weight excluding hydrogens is 254 g/mol. The lowest BCUT2D eigenvalue weighted by Gasteiger charge is -2.33. The van der Waals surface area contributed by atoms with Gasteiger partial charge >= 0.3 is 5.97 Å². The summed E-state index contributed by atoms with van der Waals surface area (Å²) in [6, 6.07) is 1.48. The van der Waals surface area contributed by atoms with Gasteiger partial charge in [-0.15, -0.1) is 0 Å². The van der Waals surface area contributed by atoms with Gasteiger partial charge in [0.2, 0.25) is 0 Å². The van der Waals surface area contributed by atoms with Crippen LogP contribution in [0, 0.1) is 11.3 Å². The van der Waals surface area contributed by atoms with Crippen molar-refractivity contribution in [2.24, 2.45) is 11.3 Å². The first kappa shape index (κ1) is 14.6. The van der Waals surface area contributed by atoms with Crippen LogP contribution in [0.3, 0.4) is 0 Å². The number of allylic oxidation sites excluding steroid dienone is 2. The van der Waals surface area contributed by atoms with Crippen molar-refractivity contribution < 1.29 is 9.90 Å². The number of rotatable bonds is 2. The van der Waals surface area contributed by atoms with Crippen LogP contribution < -0.4 is 5.56 Å². The highest BCUT2D eigenvalue weighted by Gasteiger charge is 2.26. The van der Waals surface area contributed by atoms with Crippen molar-refractivity contribution in [3.05, 3.63) is 39.8 Å². The molecule has 1 aromatic rings. The van der Waals surface area contributed by atoms with Crippen molar-refractivity contribution in [3.8, 4) is 0 Å². The number of aromatic nitrogens is 1. The highest BCUT2D eigenvalue weighted by molar-refractivity contribution is 5.88. The molecule has 0 fully saturated rings. The molecule has 4 nitrogen and oxygen atoms in total. The molecule has 108 valence electrons. The second-order valence-electron chi connectivity index (χ2n) is 6.50. The molecule has 0 aromatic carbocycles. The fourth-order valence-electron chi connectivity index (χ4n) is 2.71. The summed E-state index contributed by atoms with van der Waals surface area (Å²) in [4.78, 5) is 24.9. The van der Waals surface area contributed by atoms with Crippen LogP contribution in [-0.2, 0) is 0 Å². The van der Waals surface area contributed by atoms with E-state index in [1.54, 1.807) is 6.20 Å². The summed E-state index contributed by atoms with van der Waals surface area (Å²) in [6.45, 7) is 6.75. The van der Waals surface area contributed by atoms with E-state index in [9.17, 15) is 9.59 Å². The topological polar surface area (TPSA) is 70.2 Å². The highest BCUT2D eigenvalue weighted by Crippen LogP contribution is 2.39. The van der Waals surface area contributed by atoms with Gasteiger partial charge < -0.3 is 10.1 Å². The molecule has 0 saturated carbocycles. The maximum atomic E-state index is 11.4. The van der Waals surface area contributed by atoms with Gasteiger partial charge in [0.1, 0.15) is 5.56 Å². The lowest BCUT2D eigenvalue weighted by Crippen LogP contribution is -2.22. The summed E-state index contributed by atoms with van der Waals surface area (Å²) in [7, 11) is 0. The standard InChI is InChI=1S/C16H21NO3/c1-16(2,3)12-6-4-10(5-7-12)11-8-13(15(19)20)14(18)17-9-11/h4,8-9,12H,5-7H2,1-3H3,(H,17,18)(H,19,20). The second kappa shape index (κ2) is 5.27. The molecule has 4 heteroatoms. The lowest BCUT2D eigenvalue weighted by atomic mass is 9.72. The van der Waals surface area contributed by atoms with Crippen molar-refractivity contribution in [1.82, 2.24) is 4.98 Å². The fourth-order valence-corrected chi connectivity index (χ4v) is 2.71. The first-order valence-corrected chi connectivity index (χ1v) is 6.94. The average molecular weight is 275 g/mol. The van der Waals surface area contributed by atoms with Gasteiger partial charge in [-0.2, -0.15) is 0 Å². The van der Waals surface area contributed by atoms with E-state index < -0.39 is 11.5 Å². The normalized spacial score (nSPS) is 19.6. The molecule has 1 aliphatic rings. The summed E-state index contributed by atoms with van der Waals surface area (Å²) in [6.07, 6.45) is 6.81. The quantitative estimate of drug-likeness (QED) is 0.870. The number of hydrogen-bond acceptors (Lipinski definition) is 2. The van der Waals surface area contributed by atoms with Gasteiger partial charge in [0.05, 0.1) is 0 Å². The summed E-state index contributed by atoms with van der Waals surface area (Å²) < 4.78 is 0. The van der Waals surface area contributed by atoms with Crippen molar-refractivity contribution in [3.63, 3.8) is 0 Å². The molecule has 0 amide bonds. The van der Waals surface area contributed by atoms with Gasteiger partial charge in [-0.05, 0) is 47.8 Å². The summed E-state index contributed by atoms with van der Waals surface area (Å²) in [5.41, 5.74) is 1.49. The van der Waals surface area contributed by atoms with Crippen molar-refractivity contribution >= 4 is 11.5 Å². The maximum absolute atomic E-state index is 11.4. The Kier molecular flexibility index (Phi) is 3.84. The molecule has 0 radical (unpaired) electrons. The molecule has 0 saturated heterocycles. The minimum absolute atomic E-state index is 0.193. The largest absolute Gasteiger partial charge is 0.477 e. The van der Waals surface area contributed by atoms with E-state index >= 15 is 0 Å². The maximum Gasteiger partial charge on any atom is 0.341 e. The Morgan fingerprint density at radius 1 is 1.40 bits per heavy atom. The third-order valence-corrected chi connectivity index (χ3v) is 4.14. The minimum atomic E-state index is -1.18. The smallest absolute Gasteiger partial charge is 0.341 e. The second-order valence-corrected chi connectivity index (χ2v) is 6.50. The molecule has 0 bridgehead atoms. The van der Waals surface area contributed by atoms with E-state index in [1.165, 1.54) is 6.07 Å². The van der Waals surface area contributed by atoms with Crippen molar-refractivity contribution in [2.75, 3.05) is 0 Å². The Morgan fingerprint density at radius 2 is 2.10 bits per heavy atom. The zero-order chi connectivity index (χ0) is 14.9. The molecule has 1 unspecified atom stereocenters. The van der Waals surface area contributed by atoms with Crippen LogP contribution in [0.25, 0.3) is 5.57 Å². The molecule has 20 heavy (non-hydrogen) atoms. The number of nitrogens with one attached hydrogen (secondary N) is 1. The Hall–Kier alpha value is -1.84. The van der Waals surface area contributed by atoms with Crippen LogP contribution in [0.15, 0.2) is 23.1 Å². The van der Waals surface area contributed by atoms with E-state index in [0.717, 1.165) is 30.4 Å². The third-order valence-electron chi connectivity index (χ3n) is 4.14. The first-order valence-electron chi connectivity index (χ1n) is 6.94. The van der Waals surface area contributed by atoms with Crippen LogP contribution >= 0.6 is 0 Å². The van der Waals surface area contributed by atoms with Crippen molar-refractivity contribution in [1.29, 1.82) is 0 Å². The Morgan fingerprint density at radius 3 is 2.60 bits per heavy atom. The summed E-state index contributed by atoms with van der Waals surface area (Å²) in [5.74, 6) is -0.537. The monoisotopic (exact) mass is 275 g/mol. The van der Waals surface area contributed by atoms with E-state index in [2.05, 4.69) is 31.8 Å². The van der Waals surface area contributed by atoms with Crippen LogP contribution in [0.1, 0.15) is 56.0 Å². The molecule has 1 aliphatic carbocycles. The van der Waals surface area contributed by atoms with E-state index in [4.69, 9.17) is 5.11 Å². The number of aromatic carboxylic acids is 1. The average Bonchev–Trinajstić information content (AvgIpc) is 2.38. The molecule has 0 aliphatic heterocycles. The summed E-state index contributed by atoms with van der Waals surface area (Å²) >= 11 is 0. The van der Waals surface area contributed by atoms with E-state index in [-0.39, 0.29) is 5.56 Å². The number of carbonyl (C=O) groups is 1. The predicted octanol–water partition coefficient (Wildman–Crippen LogP) is 3.30. The van der Waals surface area contributed by atoms with Crippen LogP contribution in [0.2, 0.25) is 0 Å². The van der Waals surface area contributed by atoms with Gasteiger partial charge in [0, 0.05) is 6.20 Å². The molecule has 1 heterocycles. The number of H-pyrrole nitrogens is 1. The fraction of sp³-hybridized carbons (Fsp3) is 0.500. The van der Waals surface area contributed by atoms with Crippen LogP contribution in [0.5, 0.6) is 0 Å². The number of carboxylic acid groups (broad SMARTS) is 1. The zero-order valence-corrected chi connectivity index (χ0v) is 12.2. The Bertz CT molecular complexity index is 605. The SMILES string of the molecule is CC(C)(C)C1CC=C(c2c[nH]c(=O)c(C(=O)O)c2)CC1. The molecule has 1 aromatic heterocycles. The Labute approximate surface area is 118 Å². The number of carboxylic acids is 1. The minimum Gasteiger partial charge on any atom is -0.477 e. The molecular formula is C16H21NO3.